The summed E-state index contributed by atoms with van der Waals surface area (Å²) in [5.41, 5.74) is 0. The van der Waals surface area contributed by atoms with Crippen LogP contribution in [0.2, 0.25) is 0 Å². The molecule has 0 aliphatic heterocycles. The smallest absolute Gasteiger partial charge is 0.463 e. The highest BCUT2D eigenvalue weighted by Crippen LogP contribution is 2.28. The molecule has 0 saturated carbocycles. The third-order valence-corrected chi connectivity index (χ3v) is 2.01. The monoisotopic (exact) mass is 298 g/mol. The Hall–Kier alpha value is -0.750. The fraction of sp³-hybridized carbons (Fsp3) is 0.400. The molecule has 1 aromatic rings. The molecule has 0 heterocycles. The van der Waals surface area contributed by atoms with Crippen LogP contribution in [-0.2, 0) is 4.74 Å². The van der Waals surface area contributed by atoms with Gasteiger partial charge in [0.05, 0.1) is 0 Å². The van der Waals surface area contributed by atoms with Gasteiger partial charge in [-0.2, -0.15) is 0 Å². The van der Waals surface area contributed by atoms with Gasteiger partial charge in [0.1, 0.15) is 5.75 Å². The number of halogens is 4. The second-order valence-electron chi connectivity index (χ2n) is 3.51. The lowest BCUT2D eigenvalue weighted by atomic mass is 10.3. The Morgan fingerprint density at radius 3 is 2.31 bits per heavy atom. The lowest BCUT2D eigenvalue weighted by Crippen LogP contribution is -2.37. The van der Waals surface area contributed by atoms with Gasteiger partial charge in [0.15, 0.2) is 0 Å². The summed E-state index contributed by atoms with van der Waals surface area (Å²) in [6.45, 7) is 2.39. The van der Waals surface area contributed by atoms with Crippen LogP contribution < -0.4 is 4.74 Å². The van der Waals surface area contributed by atoms with Crippen molar-refractivity contribution in [2.24, 2.45) is 0 Å². The van der Waals surface area contributed by atoms with Crippen LogP contribution in [-0.4, -0.2) is 12.1 Å². The molecule has 6 heteroatoms. The normalized spacial score (nSPS) is 12.6. The zero-order valence-electron chi connectivity index (χ0n) is 8.64. The van der Waals surface area contributed by atoms with Gasteiger partial charge >= 0.3 is 6.36 Å². The van der Waals surface area contributed by atoms with Crippen LogP contribution in [0.5, 0.6) is 5.75 Å². The molecule has 0 aliphatic rings. The van der Waals surface area contributed by atoms with Crippen LogP contribution in [0.15, 0.2) is 28.7 Å². The third-order valence-electron chi connectivity index (χ3n) is 1.52. The van der Waals surface area contributed by atoms with Gasteiger partial charge in [-0.15, -0.1) is 13.2 Å². The number of ether oxygens (including phenoxy) is 2. The van der Waals surface area contributed by atoms with E-state index in [0.29, 0.717) is 10.2 Å². The largest absolute Gasteiger partial charge is 0.525 e. The quantitative estimate of drug-likeness (QED) is 0.782. The van der Waals surface area contributed by atoms with Crippen molar-refractivity contribution >= 4 is 15.9 Å². The predicted molar refractivity (Wildman–Crippen MR) is 56.0 cm³/mol. The van der Waals surface area contributed by atoms with E-state index < -0.39 is 12.1 Å². The summed E-state index contributed by atoms with van der Waals surface area (Å²) in [6, 6.07) is 6.50. The first-order chi connectivity index (χ1) is 7.18. The first kappa shape index (κ1) is 13.3. The molecule has 0 unspecified atom stereocenters. The lowest BCUT2D eigenvalue weighted by molar-refractivity contribution is -0.393. The average Bonchev–Trinajstić information content (AvgIpc) is 1.96. The van der Waals surface area contributed by atoms with E-state index in [1.165, 1.54) is 13.8 Å². The minimum absolute atomic E-state index is 0.295. The lowest BCUT2D eigenvalue weighted by Gasteiger charge is -2.27. The topological polar surface area (TPSA) is 18.5 Å². The Labute approximate surface area is 99.5 Å². The summed E-state index contributed by atoms with van der Waals surface area (Å²) in [5, 5.41) is 0. The molecule has 1 aromatic carbocycles. The highest BCUT2D eigenvalue weighted by Gasteiger charge is 2.39. The minimum Gasteiger partial charge on any atom is -0.463 e. The first-order valence-corrected chi connectivity index (χ1v) is 5.19. The molecule has 0 atom stereocenters. The van der Waals surface area contributed by atoms with Crippen LogP contribution in [0.1, 0.15) is 13.8 Å². The third kappa shape index (κ3) is 4.85. The minimum atomic E-state index is -4.73. The van der Waals surface area contributed by atoms with E-state index in [4.69, 9.17) is 4.74 Å². The van der Waals surface area contributed by atoms with Crippen LogP contribution in [0.4, 0.5) is 13.2 Å². The highest BCUT2D eigenvalue weighted by molar-refractivity contribution is 9.10. The maximum absolute atomic E-state index is 12.0. The van der Waals surface area contributed by atoms with Crippen molar-refractivity contribution in [2.45, 2.75) is 26.0 Å². The van der Waals surface area contributed by atoms with Gasteiger partial charge in [-0.3, -0.25) is 0 Å². The molecule has 0 aromatic heterocycles. The van der Waals surface area contributed by atoms with E-state index in [1.54, 1.807) is 24.3 Å². The molecular formula is C10H10BrF3O2. The predicted octanol–water partition coefficient (Wildman–Crippen LogP) is 4.10. The zero-order chi connectivity index (χ0) is 12.4. The number of hydrogen-bond acceptors (Lipinski definition) is 2. The molecule has 0 aliphatic carbocycles. The van der Waals surface area contributed by atoms with E-state index in [9.17, 15) is 13.2 Å². The molecule has 0 radical (unpaired) electrons. The summed E-state index contributed by atoms with van der Waals surface area (Å²) in [5.74, 6) is -1.47. The molecule has 0 spiro atoms. The molecular weight excluding hydrogens is 289 g/mol. The molecule has 2 nitrogen and oxygen atoms in total. The first-order valence-electron chi connectivity index (χ1n) is 4.39. The Balaban J connectivity index is 2.72. The number of alkyl halides is 3. The van der Waals surface area contributed by atoms with Gasteiger partial charge in [-0.25, -0.2) is 4.74 Å². The Morgan fingerprint density at radius 1 is 1.19 bits per heavy atom. The molecule has 1 rings (SSSR count). The molecule has 0 saturated heterocycles. The van der Waals surface area contributed by atoms with Crippen LogP contribution in [0.25, 0.3) is 0 Å². The van der Waals surface area contributed by atoms with Crippen molar-refractivity contribution in [3.05, 3.63) is 28.7 Å². The highest BCUT2D eigenvalue weighted by atomic mass is 79.9. The fourth-order valence-corrected chi connectivity index (χ4v) is 1.49. The summed E-state index contributed by atoms with van der Waals surface area (Å²) in [4.78, 5) is 0. The average molecular weight is 299 g/mol. The number of hydrogen-bond donors (Lipinski definition) is 0. The second kappa shape index (κ2) is 4.63. The molecule has 0 bridgehead atoms. The van der Waals surface area contributed by atoms with Crippen molar-refractivity contribution < 1.29 is 22.6 Å². The second-order valence-corrected chi connectivity index (χ2v) is 4.42. The number of benzene rings is 1. The Bertz CT molecular complexity index is 363. The van der Waals surface area contributed by atoms with Crippen molar-refractivity contribution in [3.63, 3.8) is 0 Å². The zero-order valence-corrected chi connectivity index (χ0v) is 10.2. The fourth-order valence-electron chi connectivity index (χ4n) is 1.11. The summed E-state index contributed by atoms with van der Waals surface area (Å²) in [6.07, 6.45) is -4.73. The molecule has 0 amide bonds. The summed E-state index contributed by atoms with van der Waals surface area (Å²) < 4.78 is 45.7. The SMILES string of the molecule is CC(C)(Oc1cccc(Br)c1)OC(F)(F)F. The molecule has 0 fully saturated rings. The maximum Gasteiger partial charge on any atom is 0.525 e. The van der Waals surface area contributed by atoms with Gasteiger partial charge in [-0.1, -0.05) is 22.0 Å². The van der Waals surface area contributed by atoms with E-state index in [2.05, 4.69) is 20.7 Å². The van der Waals surface area contributed by atoms with Gasteiger partial charge in [0.25, 0.3) is 0 Å². The van der Waals surface area contributed by atoms with Gasteiger partial charge in [-0.05, 0) is 18.2 Å². The van der Waals surface area contributed by atoms with E-state index in [1.807, 2.05) is 0 Å². The van der Waals surface area contributed by atoms with Crippen molar-refractivity contribution in [1.82, 2.24) is 0 Å². The molecule has 90 valence electrons. The standard InChI is InChI=1S/C10H10BrF3O2/c1-9(2,16-10(12,13)14)15-8-5-3-4-7(11)6-8/h3-6H,1-2H3. The van der Waals surface area contributed by atoms with Gasteiger partial charge in [0.2, 0.25) is 5.79 Å². The molecule has 0 N–H and O–H groups in total. The maximum atomic E-state index is 12.0. The van der Waals surface area contributed by atoms with E-state index in [0.717, 1.165) is 0 Å². The van der Waals surface area contributed by atoms with Crippen LogP contribution in [0, 0.1) is 0 Å². The Kier molecular flexibility index (Phi) is 3.85. The van der Waals surface area contributed by atoms with Gasteiger partial charge in [0, 0.05) is 18.3 Å². The van der Waals surface area contributed by atoms with E-state index in [-0.39, 0.29) is 0 Å². The Morgan fingerprint density at radius 2 is 1.81 bits per heavy atom. The summed E-state index contributed by atoms with van der Waals surface area (Å²) >= 11 is 3.19. The van der Waals surface area contributed by atoms with Crippen molar-refractivity contribution in [2.75, 3.05) is 0 Å². The number of rotatable bonds is 3. The molecule has 16 heavy (non-hydrogen) atoms. The van der Waals surface area contributed by atoms with Crippen LogP contribution in [0.3, 0.4) is 0 Å². The van der Waals surface area contributed by atoms with Crippen molar-refractivity contribution in [3.8, 4) is 5.75 Å². The van der Waals surface area contributed by atoms with Crippen LogP contribution >= 0.6 is 15.9 Å². The van der Waals surface area contributed by atoms with E-state index >= 15 is 0 Å². The van der Waals surface area contributed by atoms with Crippen molar-refractivity contribution in [1.29, 1.82) is 0 Å². The van der Waals surface area contributed by atoms with Gasteiger partial charge < -0.3 is 4.74 Å². The summed E-state index contributed by atoms with van der Waals surface area (Å²) in [7, 11) is 0.